The summed E-state index contributed by atoms with van der Waals surface area (Å²) in [6.07, 6.45) is -1.81. The van der Waals surface area contributed by atoms with Crippen LogP contribution in [-0.4, -0.2) is 28.8 Å². The Morgan fingerprint density at radius 3 is 2.51 bits per heavy atom. The zero-order chi connectivity index (χ0) is 25.2. The largest absolute Gasteiger partial charge is 0.457 e. The number of rotatable bonds is 6. The molecule has 0 aliphatic rings. The van der Waals surface area contributed by atoms with Gasteiger partial charge in [0.05, 0.1) is 17.0 Å². The fourth-order valence-corrected chi connectivity index (χ4v) is 3.68. The van der Waals surface area contributed by atoms with Crippen molar-refractivity contribution in [3.05, 3.63) is 82.8 Å². The molecular formula is C24H18ClF3N4O3. The minimum atomic E-state index is -4.61. The number of carbonyl (C=O) groups excluding carboxylic acids is 2. The Balaban J connectivity index is 1.43. The van der Waals surface area contributed by atoms with Gasteiger partial charge in [-0.05, 0) is 48.0 Å². The van der Waals surface area contributed by atoms with Crippen LogP contribution in [0.5, 0.6) is 11.5 Å². The van der Waals surface area contributed by atoms with Crippen molar-refractivity contribution in [1.82, 2.24) is 15.3 Å². The quantitative estimate of drug-likeness (QED) is 0.321. The monoisotopic (exact) mass is 502 g/mol. The van der Waals surface area contributed by atoms with Gasteiger partial charge in [-0.2, -0.15) is 13.2 Å². The number of nitrogens with one attached hydrogen (secondary N) is 3. The van der Waals surface area contributed by atoms with Gasteiger partial charge in [0.1, 0.15) is 17.2 Å². The predicted molar refractivity (Wildman–Crippen MR) is 125 cm³/mol. The zero-order valence-electron chi connectivity index (χ0n) is 18.2. The SMILES string of the molecule is CNC(=O)c1cc(Oc2ccc(NC(=O)Cc3c[nH]c4cc(Cl)c(C(F)(F)F)cc34)cc2)ccn1. The lowest BCUT2D eigenvalue weighted by Crippen LogP contribution is -2.18. The van der Waals surface area contributed by atoms with Crippen molar-refractivity contribution in [2.75, 3.05) is 12.4 Å². The first kappa shape index (κ1) is 24.1. The highest BCUT2D eigenvalue weighted by molar-refractivity contribution is 6.32. The van der Waals surface area contributed by atoms with Crippen LogP contribution >= 0.6 is 11.6 Å². The molecule has 2 aromatic heterocycles. The van der Waals surface area contributed by atoms with Crippen molar-refractivity contribution in [3.63, 3.8) is 0 Å². The molecule has 2 aromatic carbocycles. The number of H-pyrrole nitrogens is 1. The van der Waals surface area contributed by atoms with Crippen molar-refractivity contribution in [1.29, 1.82) is 0 Å². The minimum absolute atomic E-state index is 0.142. The highest BCUT2D eigenvalue weighted by atomic mass is 35.5. The average molecular weight is 503 g/mol. The van der Waals surface area contributed by atoms with E-state index in [2.05, 4.69) is 20.6 Å². The lowest BCUT2D eigenvalue weighted by molar-refractivity contribution is -0.137. The number of halogens is 4. The second-order valence-electron chi connectivity index (χ2n) is 7.50. The van der Waals surface area contributed by atoms with Gasteiger partial charge in [0.2, 0.25) is 5.91 Å². The van der Waals surface area contributed by atoms with Crippen molar-refractivity contribution in [2.45, 2.75) is 12.6 Å². The molecule has 2 heterocycles. The molecule has 35 heavy (non-hydrogen) atoms. The molecule has 2 amide bonds. The van der Waals surface area contributed by atoms with Crippen LogP contribution in [-0.2, 0) is 17.4 Å². The van der Waals surface area contributed by atoms with E-state index in [1.165, 1.54) is 31.6 Å². The van der Waals surface area contributed by atoms with Crippen LogP contribution in [0.4, 0.5) is 18.9 Å². The van der Waals surface area contributed by atoms with Crippen LogP contribution in [0.25, 0.3) is 10.9 Å². The fraction of sp³-hybridized carbons (Fsp3) is 0.125. The van der Waals surface area contributed by atoms with E-state index in [0.29, 0.717) is 28.3 Å². The molecule has 0 radical (unpaired) electrons. The lowest BCUT2D eigenvalue weighted by Gasteiger charge is -2.10. The smallest absolute Gasteiger partial charge is 0.417 e. The van der Waals surface area contributed by atoms with Gasteiger partial charge in [0.15, 0.2) is 0 Å². The number of pyridine rings is 1. The number of hydrogen-bond acceptors (Lipinski definition) is 4. The molecule has 0 saturated carbocycles. The van der Waals surface area contributed by atoms with Crippen LogP contribution in [0.2, 0.25) is 5.02 Å². The molecule has 0 spiro atoms. The van der Waals surface area contributed by atoms with Gasteiger partial charge < -0.3 is 20.4 Å². The summed E-state index contributed by atoms with van der Waals surface area (Å²) in [7, 11) is 1.50. The fourth-order valence-electron chi connectivity index (χ4n) is 3.41. The topological polar surface area (TPSA) is 96.1 Å². The first-order valence-electron chi connectivity index (χ1n) is 10.3. The van der Waals surface area contributed by atoms with E-state index in [-0.39, 0.29) is 23.4 Å². The Labute approximate surface area is 202 Å². The standard InChI is InChI=1S/C24H18ClF3N4O3/c1-29-23(34)21-9-16(6-7-30-21)35-15-4-2-14(3-5-15)32-22(33)8-13-12-31-20-11-19(25)18(10-17(13)20)24(26,27)28/h2-7,9-12,31H,8H2,1H3,(H,29,34)(H,32,33). The average Bonchev–Trinajstić information content (AvgIpc) is 3.20. The summed E-state index contributed by atoms with van der Waals surface area (Å²) in [6.45, 7) is 0. The number of fused-ring (bicyclic) bond motifs is 1. The number of amides is 2. The summed E-state index contributed by atoms with van der Waals surface area (Å²) < 4.78 is 45.3. The number of alkyl halides is 3. The third-order valence-corrected chi connectivity index (χ3v) is 5.39. The molecule has 0 unspecified atom stereocenters. The molecule has 0 aliphatic carbocycles. The summed E-state index contributed by atoms with van der Waals surface area (Å²) in [5.74, 6) is 0.118. The number of nitrogens with zero attached hydrogens (tertiary/aromatic N) is 1. The van der Waals surface area contributed by atoms with E-state index < -0.39 is 22.7 Å². The van der Waals surface area contributed by atoms with Gasteiger partial charge >= 0.3 is 6.18 Å². The predicted octanol–water partition coefficient (Wildman–Crippen LogP) is 5.57. The highest BCUT2D eigenvalue weighted by Crippen LogP contribution is 2.37. The van der Waals surface area contributed by atoms with Crippen LogP contribution in [0.15, 0.2) is 60.9 Å². The first-order valence-corrected chi connectivity index (χ1v) is 10.6. The second-order valence-corrected chi connectivity index (χ2v) is 7.90. The summed E-state index contributed by atoms with van der Waals surface area (Å²) in [5, 5.41) is 5.04. The molecule has 0 aliphatic heterocycles. The molecule has 4 rings (SSSR count). The van der Waals surface area contributed by atoms with Gasteiger partial charge in [-0.25, -0.2) is 0 Å². The summed E-state index contributed by atoms with van der Waals surface area (Å²) >= 11 is 5.75. The van der Waals surface area contributed by atoms with E-state index in [1.54, 1.807) is 30.3 Å². The maximum atomic E-state index is 13.2. The third kappa shape index (κ3) is 5.55. The van der Waals surface area contributed by atoms with E-state index in [1.807, 2.05) is 0 Å². The molecule has 0 saturated heterocycles. The number of aromatic amines is 1. The second kappa shape index (κ2) is 9.67. The van der Waals surface area contributed by atoms with E-state index in [9.17, 15) is 22.8 Å². The molecular weight excluding hydrogens is 485 g/mol. The van der Waals surface area contributed by atoms with Crippen molar-refractivity contribution < 1.29 is 27.5 Å². The maximum Gasteiger partial charge on any atom is 0.417 e. The van der Waals surface area contributed by atoms with Gasteiger partial charge in [-0.1, -0.05) is 11.6 Å². The number of aromatic nitrogens is 2. The maximum absolute atomic E-state index is 13.2. The third-order valence-electron chi connectivity index (χ3n) is 5.08. The summed E-state index contributed by atoms with van der Waals surface area (Å²) in [5.41, 5.74) is 0.533. The van der Waals surface area contributed by atoms with Crippen molar-refractivity contribution in [3.8, 4) is 11.5 Å². The van der Waals surface area contributed by atoms with E-state index in [4.69, 9.17) is 16.3 Å². The minimum Gasteiger partial charge on any atom is -0.457 e. The Morgan fingerprint density at radius 1 is 1.09 bits per heavy atom. The van der Waals surface area contributed by atoms with Crippen molar-refractivity contribution in [2.24, 2.45) is 0 Å². The Morgan fingerprint density at radius 2 is 1.83 bits per heavy atom. The van der Waals surface area contributed by atoms with E-state index >= 15 is 0 Å². The molecule has 0 atom stereocenters. The molecule has 180 valence electrons. The van der Waals surface area contributed by atoms with Crippen molar-refractivity contribution >= 4 is 40.0 Å². The molecule has 0 bridgehead atoms. The Hall–Kier alpha value is -4.05. The number of anilines is 1. The van der Waals surface area contributed by atoms with Crippen LogP contribution < -0.4 is 15.4 Å². The Bertz CT molecular complexity index is 1400. The first-order chi connectivity index (χ1) is 16.6. The van der Waals surface area contributed by atoms with E-state index in [0.717, 1.165) is 6.07 Å². The Kier molecular flexibility index (Phi) is 6.65. The molecule has 0 fully saturated rings. The zero-order valence-corrected chi connectivity index (χ0v) is 18.9. The highest BCUT2D eigenvalue weighted by Gasteiger charge is 2.33. The molecule has 3 N–H and O–H groups in total. The number of benzene rings is 2. The van der Waals surface area contributed by atoms with Crippen LogP contribution in [0, 0.1) is 0 Å². The number of ether oxygens (including phenoxy) is 1. The molecule has 7 nitrogen and oxygen atoms in total. The van der Waals surface area contributed by atoms with Gasteiger partial charge in [-0.3, -0.25) is 14.6 Å². The molecule has 4 aromatic rings. The normalized spacial score (nSPS) is 11.3. The summed E-state index contributed by atoms with van der Waals surface area (Å²) in [6, 6.07) is 11.7. The van der Waals surface area contributed by atoms with Crippen LogP contribution in [0.3, 0.4) is 0 Å². The molecule has 11 heteroatoms. The van der Waals surface area contributed by atoms with Gasteiger partial charge in [0, 0.05) is 42.1 Å². The lowest BCUT2D eigenvalue weighted by atomic mass is 10.1. The van der Waals surface area contributed by atoms with Crippen LogP contribution in [0.1, 0.15) is 21.6 Å². The van der Waals surface area contributed by atoms with Gasteiger partial charge in [-0.15, -0.1) is 0 Å². The summed E-state index contributed by atoms with van der Waals surface area (Å²) in [4.78, 5) is 31.0. The number of carbonyl (C=O) groups is 2. The number of hydrogen-bond donors (Lipinski definition) is 3. The van der Waals surface area contributed by atoms with Gasteiger partial charge in [0.25, 0.3) is 5.91 Å².